The van der Waals surface area contributed by atoms with Crippen LogP contribution in [-0.2, 0) is 14.8 Å². The molecule has 0 fully saturated rings. The van der Waals surface area contributed by atoms with Gasteiger partial charge in [0.25, 0.3) is 0 Å². The van der Waals surface area contributed by atoms with E-state index < -0.39 is 16.1 Å². The minimum absolute atomic E-state index is 0.259. The second kappa shape index (κ2) is 6.03. The second-order valence-corrected chi connectivity index (χ2v) is 6.16. The Morgan fingerprint density at radius 2 is 2.05 bits per heavy atom. The molecule has 0 aliphatic heterocycles. The summed E-state index contributed by atoms with van der Waals surface area (Å²) in [5.74, 6) is -0.259. The summed E-state index contributed by atoms with van der Waals surface area (Å²) in [6.07, 6.45) is 1.64. The van der Waals surface area contributed by atoms with Gasteiger partial charge in [-0.2, -0.15) is 0 Å². The van der Waals surface area contributed by atoms with Gasteiger partial charge in [-0.05, 0) is 37.1 Å². The van der Waals surface area contributed by atoms with E-state index in [-0.39, 0.29) is 5.91 Å². The molecule has 106 valence electrons. The van der Waals surface area contributed by atoms with E-state index in [9.17, 15) is 13.2 Å². The third-order valence-electron chi connectivity index (χ3n) is 2.57. The highest BCUT2D eigenvalue weighted by Gasteiger charge is 2.12. The molecule has 7 heteroatoms. The summed E-state index contributed by atoms with van der Waals surface area (Å²) >= 11 is 0. The SMILES string of the molecule is CC[C@@H](N)C(=O)Nc1ccc(NS(C)(=O)=O)c(C)c1. The fraction of sp³-hybridized carbons (Fsp3) is 0.417. The molecule has 0 saturated carbocycles. The molecule has 1 amide bonds. The number of benzene rings is 1. The highest BCUT2D eigenvalue weighted by Crippen LogP contribution is 2.20. The van der Waals surface area contributed by atoms with E-state index in [1.54, 1.807) is 25.1 Å². The average Bonchev–Trinajstić information content (AvgIpc) is 2.30. The first-order valence-electron chi connectivity index (χ1n) is 5.88. The van der Waals surface area contributed by atoms with E-state index in [2.05, 4.69) is 10.0 Å². The lowest BCUT2D eigenvalue weighted by Crippen LogP contribution is -2.34. The van der Waals surface area contributed by atoms with E-state index in [1.807, 2.05) is 6.92 Å². The number of hydrogen-bond acceptors (Lipinski definition) is 4. The topological polar surface area (TPSA) is 101 Å². The molecule has 6 nitrogen and oxygen atoms in total. The van der Waals surface area contributed by atoms with Crippen molar-refractivity contribution in [1.29, 1.82) is 0 Å². The van der Waals surface area contributed by atoms with Crippen LogP contribution < -0.4 is 15.8 Å². The van der Waals surface area contributed by atoms with Gasteiger partial charge in [0.1, 0.15) is 0 Å². The van der Waals surface area contributed by atoms with E-state index in [0.29, 0.717) is 23.4 Å². The molecular formula is C12H19N3O3S. The Bertz CT molecular complexity index is 570. The molecular weight excluding hydrogens is 266 g/mol. The molecule has 0 spiro atoms. The maximum Gasteiger partial charge on any atom is 0.241 e. The maximum atomic E-state index is 11.6. The third-order valence-corrected chi connectivity index (χ3v) is 3.16. The number of rotatable bonds is 5. The molecule has 0 heterocycles. The van der Waals surface area contributed by atoms with E-state index in [4.69, 9.17) is 5.73 Å². The minimum Gasteiger partial charge on any atom is -0.325 e. The van der Waals surface area contributed by atoms with Crippen molar-refractivity contribution in [2.45, 2.75) is 26.3 Å². The molecule has 0 aromatic heterocycles. The van der Waals surface area contributed by atoms with Gasteiger partial charge < -0.3 is 11.1 Å². The fourth-order valence-corrected chi connectivity index (χ4v) is 2.10. The monoisotopic (exact) mass is 285 g/mol. The normalized spacial score (nSPS) is 12.8. The summed E-state index contributed by atoms with van der Waals surface area (Å²) in [5.41, 5.74) is 7.40. The Hall–Kier alpha value is -1.60. The number of sulfonamides is 1. The molecule has 0 aliphatic carbocycles. The van der Waals surface area contributed by atoms with Gasteiger partial charge in [-0.15, -0.1) is 0 Å². The van der Waals surface area contributed by atoms with Gasteiger partial charge in [0.05, 0.1) is 18.0 Å². The Labute approximate surface area is 113 Å². The van der Waals surface area contributed by atoms with Crippen molar-refractivity contribution in [2.24, 2.45) is 5.73 Å². The first-order chi connectivity index (χ1) is 8.73. The van der Waals surface area contributed by atoms with Crippen LogP contribution in [0.25, 0.3) is 0 Å². The number of carbonyl (C=O) groups is 1. The van der Waals surface area contributed by atoms with Crippen LogP contribution in [0.3, 0.4) is 0 Å². The lowest BCUT2D eigenvalue weighted by atomic mass is 10.1. The molecule has 1 aromatic rings. The van der Waals surface area contributed by atoms with Crippen LogP contribution in [0.4, 0.5) is 11.4 Å². The molecule has 0 saturated heterocycles. The number of nitrogens with two attached hydrogens (primary N) is 1. The van der Waals surface area contributed by atoms with Gasteiger partial charge >= 0.3 is 0 Å². The summed E-state index contributed by atoms with van der Waals surface area (Å²) in [6.45, 7) is 3.58. The fourth-order valence-electron chi connectivity index (χ4n) is 1.48. The number of carbonyl (C=O) groups excluding carboxylic acids is 1. The lowest BCUT2D eigenvalue weighted by Gasteiger charge is -2.12. The quantitative estimate of drug-likeness (QED) is 0.752. The first kappa shape index (κ1) is 15.5. The van der Waals surface area contributed by atoms with Crippen LogP contribution in [-0.4, -0.2) is 26.6 Å². The van der Waals surface area contributed by atoms with E-state index in [0.717, 1.165) is 6.26 Å². The zero-order valence-corrected chi connectivity index (χ0v) is 12.0. The third kappa shape index (κ3) is 4.88. The van der Waals surface area contributed by atoms with Gasteiger partial charge in [0.15, 0.2) is 0 Å². The largest absolute Gasteiger partial charge is 0.325 e. The number of hydrogen-bond donors (Lipinski definition) is 3. The van der Waals surface area contributed by atoms with Gasteiger partial charge in [0.2, 0.25) is 15.9 Å². The molecule has 1 atom stereocenters. The number of anilines is 2. The van der Waals surface area contributed by atoms with Crippen LogP contribution in [0.2, 0.25) is 0 Å². The standard InChI is InChI=1S/C12H19N3O3S/c1-4-10(13)12(16)14-9-5-6-11(8(2)7-9)15-19(3,17)18/h5-7,10,15H,4,13H2,1-3H3,(H,14,16)/t10-/m1/s1. The minimum atomic E-state index is -3.31. The maximum absolute atomic E-state index is 11.6. The summed E-state index contributed by atoms with van der Waals surface area (Å²) in [4.78, 5) is 11.6. The van der Waals surface area contributed by atoms with Crippen molar-refractivity contribution < 1.29 is 13.2 Å². The van der Waals surface area contributed by atoms with Crippen LogP contribution in [0.5, 0.6) is 0 Å². The van der Waals surface area contributed by atoms with Crippen molar-refractivity contribution in [3.8, 4) is 0 Å². The molecule has 0 unspecified atom stereocenters. The summed E-state index contributed by atoms with van der Waals surface area (Å²) in [7, 11) is -3.31. The van der Waals surface area contributed by atoms with Gasteiger partial charge in [-0.1, -0.05) is 6.92 Å². The van der Waals surface area contributed by atoms with E-state index in [1.165, 1.54) is 0 Å². The highest BCUT2D eigenvalue weighted by atomic mass is 32.2. The molecule has 1 aromatic carbocycles. The first-order valence-corrected chi connectivity index (χ1v) is 7.77. The summed E-state index contributed by atoms with van der Waals surface area (Å²) in [6, 6.07) is 4.37. The van der Waals surface area contributed by atoms with Crippen LogP contribution in [0.1, 0.15) is 18.9 Å². The summed E-state index contributed by atoms with van der Waals surface area (Å²) < 4.78 is 24.7. The number of amides is 1. The Morgan fingerprint density at radius 1 is 1.42 bits per heavy atom. The average molecular weight is 285 g/mol. The lowest BCUT2D eigenvalue weighted by molar-refractivity contribution is -0.117. The molecule has 0 bridgehead atoms. The smallest absolute Gasteiger partial charge is 0.241 e. The second-order valence-electron chi connectivity index (χ2n) is 4.41. The van der Waals surface area contributed by atoms with Crippen LogP contribution >= 0.6 is 0 Å². The predicted molar refractivity (Wildman–Crippen MR) is 76.5 cm³/mol. The van der Waals surface area contributed by atoms with E-state index >= 15 is 0 Å². The summed E-state index contributed by atoms with van der Waals surface area (Å²) in [5, 5.41) is 2.68. The van der Waals surface area contributed by atoms with Crippen LogP contribution in [0.15, 0.2) is 18.2 Å². The molecule has 19 heavy (non-hydrogen) atoms. The Balaban J connectivity index is 2.86. The van der Waals surface area contributed by atoms with Gasteiger partial charge in [0, 0.05) is 5.69 Å². The Kier molecular flexibility index (Phi) is 4.90. The van der Waals surface area contributed by atoms with Crippen molar-refractivity contribution >= 4 is 27.3 Å². The molecule has 0 radical (unpaired) electrons. The molecule has 4 N–H and O–H groups in total. The zero-order valence-electron chi connectivity index (χ0n) is 11.2. The van der Waals surface area contributed by atoms with Crippen LogP contribution in [0, 0.1) is 6.92 Å². The van der Waals surface area contributed by atoms with Gasteiger partial charge in [-0.3, -0.25) is 9.52 Å². The molecule has 0 aliphatic rings. The number of nitrogens with one attached hydrogen (secondary N) is 2. The highest BCUT2D eigenvalue weighted by molar-refractivity contribution is 7.92. The van der Waals surface area contributed by atoms with Gasteiger partial charge in [-0.25, -0.2) is 8.42 Å². The Morgan fingerprint density at radius 3 is 2.53 bits per heavy atom. The van der Waals surface area contributed by atoms with Crippen molar-refractivity contribution in [3.05, 3.63) is 23.8 Å². The number of aryl methyl sites for hydroxylation is 1. The van der Waals surface area contributed by atoms with Crippen molar-refractivity contribution in [3.63, 3.8) is 0 Å². The van der Waals surface area contributed by atoms with Crippen molar-refractivity contribution in [1.82, 2.24) is 0 Å². The zero-order chi connectivity index (χ0) is 14.6. The predicted octanol–water partition coefficient (Wildman–Crippen LogP) is 1.04. The van der Waals surface area contributed by atoms with Crippen molar-refractivity contribution in [2.75, 3.05) is 16.3 Å². The molecule has 1 rings (SSSR count).